The number of rotatable bonds is 6. The lowest BCUT2D eigenvalue weighted by Crippen LogP contribution is -2.39. The van der Waals surface area contributed by atoms with Gasteiger partial charge in [-0.05, 0) is 19.3 Å². The zero-order chi connectivity index (χ0) is 12.2. The van der Waals surface area contributed by atoms with Crippen LogP contribution in [0.5, 0.6) is 0 Å². The van der Waals surface area contributed by atoms with Gasteiger partial charge in [0.05, 0.1) is 12.4 Å². The van der Waals surface area contributed by atoms with Crippen LogP contribution in [-0.2, 0) is 14.8 Å². The molecular weight excluding hydrogens is 234 g/mol. The SMILES string of the molecule is O=C(O)CCCS(=O)(=O)N1CCC[C@@H]1CO. The van der Waals surface area contributed by atoms with Crippen LogP contribution in [0.25, 0.3) is 0 Å². The number of carboxylic acid groups (broad SMARTS) is 1. The van der Waals surface area contributed by atoms with Gasteiger partial charge in [0.1, 0.15) is 0 Å². The van der Waals surface area contributed by atoms with Gasteiger partial charge in [-0.1, -0.05) is 0 Å². The molecule has 94 valence electrons. The summed E-state index contributed by atoms with van der Waals surface area (Å²) >= 11 is 0. The molecule has 0 radical (unpaired) electrons. The molecule has 1 saturated heterocycles. The molecule has 0 aromatic heterocycles. The standard InChI is InChI=1S/C9H17NO5S/c11-7-8-3-1-5-10(8)16(14,15)6-2-4-9(12)13/h8,11H,1-7H2,(H,12,13)/t8-/m1/s1. The Hall–Kier alpha value is -0.660. The van der Waals surface area contributed by atoms with Crippen molar-refractivity contribution in [2.24, 2.45) is 0 Å². The summed E-state index contributed by atoms with van der Waals surface area (Å²) in [7, 11) is -3.41. The van der Waals surface area contributed by atoms with E-state index in [2.05, 4.69) is 0 Å². The van der Waals surface area contributed by atoms with Crippen molar-refractivity contribution in [1.82, 2.24) is 4.31 Å². The molecule has 0 bridgehead atoms. The molecule has 2 N–H and O–H groups in total. The van der Waals surface area contributed by atoms with Crippen molar-refractivity contribution in [3.05, 3.63) is 0 Å². The molecule has 1 aliphatic heterocycles. The van der Waals surface area contributed by atoms with Gasteiger partial charge in [-0.15, -0.1) is 0 Å². The molecule has 0 unspecified atom stereocenters. The third-order valence-corrected chi connectivity index (χ3v) is 4.68. The van der Waals surface area contributed by atoms with Crippen molar-refractivity contribution >= 4 is 16.0 Å². The molecule has 16 heavy (non-hydrogen) atoms. The van der Waals surface area contributed by atoms with Gasteiger partial charge in [-0.3, -0.25) is 4.79 Å². The molecule has 0 aromatic carbocycles. The Morgan fingerprint density at radius 2 is 2.12 bits per heavy atom. The number of hydrogen-bond donors (Lipinski definition) is 2. The summed E-state index contributed by atoms with van der Waals surface area (Å²) in [6.07, 6.45) is 1.40. The van der Waals surface area contributed by atoms with Crippen molar-refractivity contribution in [3.8, 4) is 0 Å². The molecule has 1 atom stereocenters. The van der Waals surface area contributed by atoms with Crippen LogP contribution in [-0.4, -0.2) is 53.9 Å². The fourth-order valence-electron chi connectivity index (χ4n) is 1.88. The summed E-state index contributed by atoms with van der Waals surface area (Å²) in [5, 5.41) is 17.4. The van der Waals surface area contributed by atoms with E-state index in [9.17, 15) is 13.2 Å². The average Bonchev–Trinajstić information content (AvgIpc) is 2.64. The lowest BCUT2D eigenvalue weighted by Gasteiger charge is -2.22. The van der Waals surface area contributed by atoms with E-state index in [4.69, 9.17) is 10.2 Å². The number of carbonyl (C=O) groups is 1. The summed E-state index contributed by atoms with van der Waals surface area (Å²) in [6.45, 7) is 0.263. The first-order valence-corrected chi connectivity index (χ1v) is 6.90. The van der Waals surface area contributed by atoms with Gasteiger partial charge < -0.3 is 10.2 Å². The van der Waals surface area contributed by atoms with Gasteiger partial charge in [0, 0.05) is 19.0 Å². The molecule has 0 saturated carbocycles. The fraction of sp³-hybridized carbons (Fsp3) is 0.889. The molecule has 1 heterocycles. The quantitative estimate of drug-likeness (QED) is 0.672. The third-order valence-electron chi connectivity index (χ3n) is 2.68. The van der Waals surface area contributed by atoms with E-state index in [-0.39, 0.29) is 31.2 Å². The Balaban J connectivity index is 2.52. The van der Waals surface area contributed by atoms with E-state index in [1.165, 1.54) is 4.31 Å². The first-order valence-electron chi connectivity index (χ1n) is 5.29. The summed E-state index contributed by atoms with van der Waals surface area (Å²) in [4.78, 5) is 10.3. The Morgan fingerprint density at radius 1 is 1.44 bits per heavy atom. The monoisotopic (exact) mass is 251 g/mol. The summed E-state index contributed by atoms with van der Waals surface area (Å²) in [5.74, 6) is -1.15. The van der Waals surface area contributed by atoms with Gasteiger partial charge in [0.25, 0.3) is 0 Å². The highest BCUT2D eigenvalue weighted by Gasteiger charge is 2.33. The summed E-state index contributed by atoms with van der Waals surface area (Å²) < 4.78 is 24.9. The van der Waals surface area contributed by atoms with Gasteiger partial charge >= 0.3 is 5.97 Å². The minimum absolute atomic E-state index is 0.117. The lowest BCUT2D eigenvalue weighted by molar-refractivity contribution is -0.137. The smallest absolute Gasteiger partial charge is 0.303 e. The van der Waals surface area contributed by atoms with Crippen molar-refractivity contribution < 1.29 is 23.4 Å². The fourth-order valence-corrected chi connectivity index (χ4v) is 3.66. The van der Waals surface area contributed by atoms with Crippen LogP contribution < -0.4 is 0 Å². The van der Waals surface area contributed by atoms with Gasteiger partial charge in [0.15, 0.2) is 0 Å². The Morgan fingerprint density at radius 3 is 2.69 bits per heavy atom. The van der Waals surface area contributed by atoms with E-state index in [1.807, 2.05) is 0 Å². The van der Waals surface area contributed by atoms with E-state index in [1.54, 1.807) is 0 Å². The van der Waals surface area contributed by atoms with Gasteiger partial charge in [-0.2, -0.15) is 4.31 Å². The minimum Gasteiger partial charge on any atom is -0.481 e. The Kier molecular flexibility index (Phi) is 4.69. The highest BCUT2D eigenvalue weighted by molar-refractivity contribution is 7.89. The second kappa shape index (κ2) is 5.60. The van der Waals surface area contributed by atoms with Crippen molar-refractivity contribution in [1.29, 1.82) is 0 Å². The van der Waals surface area contributed by atoms with Crippen LogP contribution in [0.2, 0.25) is 0 Å². The molecule has 1 aliphatic rings. The first kappa shape index (κ1) is 13.4. The van der Waals surface area contributed by atoms with Crippen LogP contribution in [0.1, 0.15) is 25.7 Å². The number of aliphatic hydroxyl groups is 1. The molecule has 0 aliphatic carbocycles. The molecule has 0 spiro atoms. The van der Waals surface area contributed by atoms with Crippen molar-refractivity contribution in [3.63, 3.8) is 0 Å². The van der Waals surface area contributed by atoms with Crippen molar-refractivity contribution in [2.75, 3.05) is 18.9 Å². The summed E-state index contributed by atoms with van der Waals surface area (Å²) in [6, 6.07) is -0.324. The highest BCUT2D eigenvalue weighted by atomic mass is 32.2. The second-order valence-electron chi connectivity index (χ2n) is 3.90. The van der Waals surface area contributed by atoms with Crippen LogP contribution in [0.4, 0.5) is 0 Å². The number of sulfonamides is 1. The minimum atomic E-state index is -3.41. The Labute approximate surface area is 94.9 Å². The maximum atomic E-state index is 11.8. The molecule has 6 nitrogen and oxygen atoms in total. The molecule has 1 rings (SSSR count). The average molecular weight is 251 g/mol. The first-order chi connectivity index (χ1) is 7.47. The zero-order valence-corrected chi connectivity index (χ0v) is 9.82. The number of nitrogens with zero attached hydrogens (tertiary/aromatic N) is 1. The molecule has 0 amide bonds. The number of carboxylic acids is 1. The molecule has 7 heteroatoms. The molecule has 0 aromatic rings. The van der Waals surface area contributed by atoms with Crippen LogP contribution in [0.3, 0.4) is 0 Å². The van der Waals surface area contributed by atoms with Gasteiger partial charge in [0.2, 0.25) is 10.0 Å². The third kappa shape index (κ3) is 3.43. The van der Waals surface area contributed by atoms with Crippen LogP contribution in [0, 0.1) is 0 Å². The van der Waals surface area contributed by atoms with Gasteiger partial charge in [-0.25, -0.2) is 8.42 Å². The number of aliphatic carboxylic acids is 1. The van der Waals surface area contributed by atoms with E-state index in [0.29, 0.717) is 13.0 Å². The van der Waals surface area contributed by atoms with E-state index < -0.39 is 16.0 Å². The van der Waals surface area contributed by atoms with E-state index in [0.717, 1.165) is 6.42 Å². The van der Waals surface area contributed by atoms with Crippen LogP contribution in [0.15, 0.2) is 0 Å². The van der Waals surface area contributed by atoms with Crippen LogP contribution >= 0.6 is 0 Å². The lowest BCUT2D eigenvalue weighted by atomic mass is 10.2. The maximum Gasteiger partial charge on any atom is 0.303 e. The number of hydrogen-bond acceptors (Lipinski definition) is 4. The Bertz CT molecular complexity index is 340. The molecule has 1 fully saturated rings. The highest BCUT2D eigenvalue weighted by Crippen LogP contribution is 2.21. The van der Waals surface area contributed by atoms with Crippen molar-refractivity contribution in [2.45, 2.75) is 31.7 Å². The predicted molar refractivity (Wildman–Crippen MR) is 57.5 cm³/mol. The van der Waals surface area contributed by atoms with E-state index >= 15 is 0 Å². The predicted octanol–water partition coefficient (Wildman–Crippen LogP) is -0.362. The second-order valence-corrected chi connectivity index (χ2v) is 5.94. The summed E-state index contributed by atoms with van der Waals surface area (Å²) in [5.41, 5.74) is 0. The normalized spacial score (nSPS) is 22.4. The molecular formula is C9H17NO5S. The number of aliphatic hydroxyl groups excluding tert-OH is 1. The topological polar surface area (TPSA) is 94.9 Å². The maximum absolute atomic E-state index is 11.8. The largest absolute Gasteiger partial charge is 0.481 e. The zero-order valence-electron chi connectivity index (χ0n) is 9.00.